The number of thiophene rings is 2. The highest BCUT2D eigenvalue weighted by Crippen LogP contribution is 2.40. The van der Waals surface area contributed by atoms with E-state index in [1.54, 1.807) is 22.7 Å². The Morgan fingerprint density at radius 3 is 2.62 bits per heavy atom. The molecule has 0 aliphatic heterocycles. The second kappa shape index (κ2) is 5.50. The molecule has 6 heteroatoms. The lowest BCUT2D eigenvalue weighted by molar-refractivity contribution is 0.704. The highest BCUT2D eigenvalue weighted by Gasteiger charge is 2.20. The van der Waals surface area contributed by atoms with Gasteiger partial charge in [0.25, 0.3) is 0 Å². The summed E-state index contributed by atoms with van der Waals surface area (Å²) in [4.78, 5) is 1.15. The first-order valence-corrected chi connectivity index (χ1v) is 8.14. The number of halogens is 3. The van der Waals surface area contributed by atoms with Crippen molar-refractivity contribution >= 4 is 66.1 Å². The molecule has 86 valence electrons. The van der Waals surface area contributed by atoms with Gasteiger partial charge in [-0.3, -0.25) is 0 Å². The van der Waals surface area contributed by atoms with Crippen LogP contribution in [0.5, 0.6) is 0 Å². The highest BCUT2D eigenvalue weighted by molar-refractivity contribution is 9.12. The Hall–Kier alpha value is 0.610. The molecule has 0 aliphatic carbocycles. The molecule has 1 unspecified atom stereocenters. The van der Waals surface area contributed by atoms with Gasteiger partial charge >= 0.3 is 0 Å². The van der Waals surface area contributed by atoms with Crippen molar-refractivity contribution in [2.24, 2.45) is 0 Å². The first-order valence-electron chi connectivity index (χ1n) is 4.48. The summed E-state index contributed by atoms with van der Waals surface area (Å²) in [6.45, 7) is 0. The van der Waals surface area contributed by atoms with Crippen LogP contribution in [-0.4, -0.2) is 7.05 Å². The lowest BCUT2D eigenvalue weighted by Gasteiger charge is -2.14. The topological polar surface area (TPSA) is 12.0 Å². The van der Waals surface area contributed by atoms with Gasteiger partial charge < -0.3 is 5.32 Å². The minimum absolute atomic E-state index is 0.143. The van der Waals surface area contributed by atoms with Crippen LogP contribution in [0.2, 0.25) is 5.02 Å². The smallest absolute Gasteiger partial charge is 0.0762 e. The van der Waals surface area contributed by atoms with Gasteiger partial charge in [-0.2, -0.15) is 0 Å². The van der Waals surface area contributed by atoms with Gasteiger partial charge in [0.15, 0.2) is 0 Å². The lowest BCUT2D eigenvalue weighted by Crippen LogP contribution is -2.16. The maximum Gasteiger partial charge on any atom is 0.0762 e. The van der Waals surface area contributed by atoms with Crippen LogP contribution in [0, 0.1) is 0 Å². The van der Waals surface area contributed by atoms with E-state index in [4.69, 9.17) is 11.6 Å². The zero-order valence-electron chi connectivity index (χ0n) is 8.26. The van der Waals surface area contributed by atoms with Crippen molar-refractivity contribution in [1.29, 1.82) is 0 Å². The largest absolute Gasteiger partial charge is 0.309 e. The van der Waals surface area contributed by atoms with Crippen LogP contribution in [0.15, 0.2) is 25.1 Å². The van der Waals surface area contributed by atoms with Gasteiger partial charge in [0.2, 0.25) is 0 Å². The predicted molar refractivity (Wildman–Crippen MR) is 80.0 cm³/mol. The second-order valence-electron chi connectivity index (χ2n) is 3.13. The average Bonchev–Trinajstić information content (AvgIpc) is 2.77. The van der Waals surface area contributed by atoms with Crippen molar-refractivity contribution in [3.05, 3.63) is 40.5 Å². The molecule has 2 rings (SSSR count). The fourth-order valence-electron chi connectivity index (χ4n) is 1.49. The van der Waals surface area contributed by atoms with Crippen LogP contribution in [0.3, 0.4) is 0 Å². The first kappa shape index (κ1) is 13.1. The summed E-state index contributed by atoms with van der Waals surface area (Å²) in [6.07, 6.45) is 0. The van der Waals surface area contributed by atoms with Crippen LogP contribution < -0.4 is 5.32 Å². The average molecular weight is 402 g/mol. The van der Waals surface area contributed by atoms with Crippen molar-refractivity contribution in [1.82, 2.24) is 5.32 Å². The number of hydrogen-bond donors (Lipinski definition) is 1. The molecule has 2 aromatic heterocycles. The number of hydrogen-bond acceptors (Lipinski definition) is 3. The molecule has 1 N–H and O–H groups in total. The quantitative estimate of drug-likeness (QED) is 0.736. The molecule has 2 heterocycles. The van der Waals surface area contributed by atoms with Gasteiger partial charge in [0.1, 0.15) is 0 Å². The molecule has 0 aliphatic rings. The van der Waals surface area contributed by atoms with Gasteiger partial charge in [0, 0.05) is 10.4 Å². The standard InChI is InChI=1S/C10H8Br2ClNS2/c1-14-8(9-6(13)2-3-15-9)5-4-7(11)16-10(5)12/h2-4,8,14H,1H3. The van der Waals surface area contributed by atoms with E-state index in [0.29, 0.717) is 0 Å². The van der Waals surface area contributed by atoms with E-state index < -0.39 is 0 Å². The summed E-state index contributed by atoms with van der Waals surface area (Å²) in [5, 5.41) is 6.13. The Kier molecular flexibility index (Phi) is 4.49. The van der Waals surface area contributed by atoms with E-state index >= 15 is 0 Å². The third-order valence-corrected chi connectivity index (χ3v) is 6.00. The molecule has 0 saturated carbocycles. The van der Waals surface area contributed by atoms with Gasteiger partial charge in [-0.25, -0.2) is 0 Å². The van der Waals surface area contributed by atoms with Gasteiger partial charge in [-0.05, 0) is 56.4 Å². The summed E-state index contributed by atoms with van der Waals surface area (Å²) >= 11 is 16.6. The minimum Gasteiger partial charge on any atom is -0.309 e. The third-order valence-electron chi connectivity index (χ3n) is 2.19. The molecule has 0 spiro atoms. The summed E-state index contributed by atoms with van der Waals surface area (Å²) in [6, 6.07) is 4.19. The Balaban J connectivity index is 2.44. The Morgan fingerprint density at radius 2 is 2.19 bits per heavy atom. The Labute approximate surface area is 124 Å². The summed E-state index contributed by atoms with van der Waals surface area (Å²) < 4.78 is 2.24. The molecule has 1 nitrogen and oxygen atoms in total. The van der Waals surface area contributed by atoms with E-state index in [9.17, 15) is 0 Å². The molecular weight excluding hydrogens is 394 g/mol. The summed E-state index contributed by atoms with van der Waals surface area (Å²) in [5.74, 6) is 0. The van der Waals surface area contributed by atoms with E-state index in [1.165, 1.54) is 5.56 Å². The molecule has 0 fully saturated rings. The van der Waals surface area contributed by atoms with Crippen LogP contribution in [0.4, 0.5) is 0 Å². The van der Waals surface area contributed by atoms with Crippen molar-refractivity contribution in [3.8, 4) is 0 Å². The molecule has 2 aromatic rings. The third kappa shape index (κ3) is 2.54. The molecular formula is C10H8Br2ClNS2. The van der Waals surface area contributed by atoms with Crippen molar-refractivity contribution in [2.45, 2.75) is 6.04 Å². The Morgan fingerprint density at radius 1 is 1.44 bits per heavy atom. The molecule has 0 bridgehead atoms. The maximum atomic E-state index is 6.17. The summed E-state index contributed by atoms with van der Waals surface area (Å²) in [7, 11) is 1.94. The molecule has 0 amide bonds. The minimum atomic E-state index is 0.143. The fraction of sp³-hybridized carbons (Fsp3) is 0.200. The molecule has 0 saturated heterocycles. The predicted octanol–water partition coefficient (Wildman–Crippen LogP) is 5.30. The van der Waals surface area contributed by atoms with Crippen LogP contribution in [0.25, 0.3) is 0 Å². The molecule has 1 atom stereocenters. The molecule has 0 radical (unpaired) electrons. The lowest BCUT2D eigenvalue weighted by atomic mass is 10.1. The summed E-state index contributed by atoms with van der Waals surface area (Å²) in [5.41, 5.74) is 1.21. The molecule has 0 aromatic carbocycles. The second-order valence-corrected chi connectivity index (χ2v) is 8.24. The highest BCUT2D eigenvalue weighted by atomic mass is 79.9. The van der Waals surface area contributed by atoms with E-state index in [0.717, 1.165) is 17.5 Å². The zero-order valence-corrected chi connectivity index (χ0v) is 13.8. The van der Waals surface area contributed by atoms with Crippen LogP contribution in [-0.2, 0) is 0 Å². The SMILES string of the molecule is CNC(c1cc(Br)sc1Br)c1sccc1Cl. The normalized spacial score (nSPS) is 13.0. The van der Waals surface area contributed by atoms with Gasteiger partial charge in [-0.1, -0.05) is 11.6 Å². The van der Waals surface area contributed by atoms with E-state index in [1.807, 2.05) is 18.5 Å². The van der Waals surface area contributed by atoms with Crippen LogP contribution in [0.1, 0.15) is 16.5 Å². The number of rotatable bonds is 3. The fourth-order valence-corrected chi connectivity index (χ4v) is 5.68. The van der Waals surface area contributed by atoms with Crippen molar-refractivity contribution < 1.29 is 0 Å². The first-order chi connectivity index (χ1) is 7.63. The van der Waals surface area contributed by atoms with Gasteiger partial charge in [0.05, 0.1) is 18.6 Å². The van der Waals surface area contributed by atoms with Crippen LogP contribution >= 0.6 is 66.1 Å². The monoisotopic (exact) mass is 399 g/mol. The van der Waals surface area contributed by atoms with Crippen molar-refractivity contribution in [2.75, 3.05) is 7.05 Å². The Bertz CT molecular complexity index is 495. The molecule has 16 heavy (non-hydrogen) atoms. The van der Waals surface area contributed by atoms with Gasteiger partial charge in [-0.15, -0.1) is 22.7 Å². The van der Waals surface area contributed by atoms with Crippen molar-refractivity contribution in [3.63, 3.8) is 0 Å². The number of nitrogens with one attached hydrogen (secondary N) is 1. The van der Waals surface area contributed by atoms with E-state index in [2.05, 4.69) is 43.2 Å². The van der Waals surface area contributed by atoms with E-state index in [-0.39, 0.29) is 6.04 Å². The zero-order chi connectivity index (χ0) is 11.7. The maximum absolute atomic E-state index is 6.17.